The number of benzene rings is 2. The van der Waals surface area contributed by atoms with Gasteiger partial charge in [0.25, 0.3) is 0 Å². The molecule has 134 valence electrons. The smallest absolute Gasteiger partial charge is 0.225 e. The first kappa shape index (κ1) is 18.6. The second-order valence-corrected chi connectivity index (χ2v) is 5.96. The van der Waals surface area contributed by atoms with Gasteiger partial charge >= 0.3 is 0 Å². The highest BCUT2D eigenvalue weighted by Crippen LogP contribution is 2.33. The third-order valence-corrected chi connectivity index (χ3v) is 4.09. The Morgan fingerprint density at radius 1 is 1.00 bits per heavy atom. The van der Waals surface area contributed by atoms with Crippen molar-refractivity contribution in [1.29, 1.82) is 0 Å². The van der Waals surface area contributed by atoms with Crippen LogP contribution in [0.15, 0.2) is 36.4 Å². The molecular formula is C20H25NO4. The minimum absolute atomic E-state index is 0.00309. The molecule has 0 fully saturated rings. The largest absolute Gasteiger partial charge is 0.497 e. The number of rotatable bonds is 7. The first-order valence-corrected chi connectivity index (χ1v) is 8.15. The highest BCUT2D eigenvalue weighted by molar-refractivity contribution is 5.93. The van der Waals surface area contributed by atoms with Crippen LogP contribution in [-0.4, -0.2) is 27.2 Å². The maximum Gasteiger partial charge on any atom is 0.225 e. The number of ether oxygens (including phenoxy) is 3. The number of aryl methyl sites for hydroxylation is 1. The van der Waals surface area contributed by atoms with Gasteiger partial charge in [0, 0.05) is 12.5 Å². The van der Waals surface area contributed by atoms with E-state index < -0.39 is 0 Å². The van der Waals surface area contributed by atoms with Crippen molar-refractivity contribution in [1.82, 2.24) is 0 Å². The molecule has 1 atom stereocenters. The molecular weight excluding hydrogens is 318 g/mol. The minimum atomic E-state index is -0.0747. The summed E-state index contributed by atoms with van der Waals surface area (Å²) in [4.78, 5) is 12.5. The lowest BCUT2D eigenvalue weighted by Gasteiger charge is -2.17. The Kier molecular flexibility index (Phi) is 6.28. The number of carbonyl (C=O) groups is 1. The van der Waals surface area contributed by atoms with Crippen molar-refractivity contribution in [2.75, 3.05) is 26.6 Å². The average molecular weight is 343 g/mol. The quantitative estimate of drug-likeness (QED) is 0.820. The molecule has 5 nitrogen and oxygen atoms in total. The van der Waals surface area contributed by atoms with Gasteiger partial charge < -0.3 is 19.5 Å². The van der Waals surface area contributed by atoms with Crippen molar-refractivity contribution in [3.8, 4) is 17.2 Å². The molecule has 2 aromatic carbocycles. The van der Waals surface area contributed by atoms with Gasteiger partial charge in [-0.2, -0.15) is 0 Å². The molecule has 0 radical (unpaired) electrons. The fraction of sp³-hybridized carbons (Fsp3) is 0.350. The lowest BCUT2D eigenvalue weighted by molar-refractivity contribution is -0.116. The number of amides is 1. The molecule has 5 heteroatoms. The monoisotopic (exact) mass is 343 g/mol. The fourth-order valence-corrected chi connectivity index (χ4v) is 2.73. The molecule has 0 saturated carbocycles. The van der Waals surface area contributed by atoms with Crippen molar-refractivity contribution in [2.45, 2.75) is 26.2 Å². The summed E-state index contributed by atoms with van der Waals surface area (Å²) in [6.45, 7) is 3.97. The maximum atomic E-state index is 12.5. The normalized spacial score (nSPS) is 11.6. The van der Waals surface area contributed by atoms with E-state index in [0.29, 0.717) is 23.6 Å². The van der Waals surface area contributed by atoms with Gasteiger partial charge in [-0.3, -0.25) is 4.79 Å². The van der Waals surface area contributed by atoms with E-state index >= 15 is 0 Å². The second-order valence-electron chi connectivity index (χ2n) is 5.96. The van der Waals surface area contributed by atoms with Gasteiger partial charge in [-0.05, 0) is 42.2 Å². The average Bonchev–Trinajstić information content (AvgIpc) is 2.61. The van der Waals surface area contributed by atoms with Crippen molar-refractivity contribution in [3.63, 3.8) is 0 Å². The van der Waals surface area contributed by atoms with Crippen molar-refractivity contribution < 1.29 is 19.0 Å². The molecule has 25 heavy (non-hydrogen) atoms. The molecule has 1 N–H and O–H groups in total. The van der Waals surface area contributed by atoms with Crippen LogP contribution >= 0.6 is 0 Å². The summed E-state index contributed by atoms with van der Waals surface area (Å²) in [6, 6.07) is 11.3. The maximum absolute atomic E-state index is 12.5. The second kappa shape index (κ2) is 8.42. The van der Waals surface area contributed by atoms with Crippen LogP contribution in [0.5, 0.6) is 17.2 Å². The minimum Gasteiger partial charge on any atom is -0.497 e. The highest BCUT2D eigenvalue weighted by Gasteiger charge is 2.17. The number of carbonyl (C=O) groups excluding carboxylic acids is 1. The van der Waals surface area contributed by atoms with E-state index in [1.807, 2.05) is 50.2 Å². The molecule has 0 aliphatic rings. The Bertz CT molecular complexity index is 742. The standard InChI is InChI=1S/C20H25NO4/c1-13-6-9-18(24-4)17(10-13)21-20(22)11-14(2)16-8-7-15(23-3)12-19(16)25-5/h6-10,12,14H,11H2,1-5H3,(H,21,22). The van der Waals surface area contributed by atoms with Crippen molar-refractivity contribution in [3.05, 3.63) is 47.5 Å². The predicted octanol–water partition coefficient (Wildman–Crippen LogP) is 4.15. The lowest BCUT2D eigenvalue weighted by Crippen LogP contribution is -2.15. The van der Waals surface area contributed by atoms with Crippen molar-refractivity contribution in [2.24, 2.45) is 0 Å². The number of anilines is 1. The van der Waals surface area contributed by atoms with E-state index in [2.05, 4.69) is 5.32 Å². The van der Waals surface area contributed by atoms with Gasteiger partial charge in [0.1, 0.15) is 17.2 Å². The van der Waals surface area contributed by atoms with E-state index in [9.17, 15) is 4.79 Å². The Morgan fingerprint density at radius 3 is 2.36 bits per heavy atom. The van der Waals surface area contributed by atoms with Crippen LogP contribution in [0.1, 0.15) is 30.4 Å². The summed E-state index contributed by atoms with van der Waals surface area (Å²) in [5.74, 6) is 2.01. The Hall–Kier alpha value is -2.69. The van der Waals surface area contributed by atoms with Crippen molar-refractivity contribution >= 4 is 11.6 Å². The summed E-state index contributed by atoms with van der Waals surface area (Å²) < 4.78 is 15.9. The van der Waals surface area contributed by atoms with Crippen LogP contribution < -0.4 is 19.5 Å². The van der Waals surface area contributed by atoms with Gasteiger partial charge in [-0.15, -0.1) is 0 Å². The summed E-state index contributed by atoms with van der Waals surface area (Å²) in [5, 5.41) is 2.93. The zero-order chi connectivity index (χ0) is 18.4. The molecule has 0 aliphatic heterocycles. The molecule has 0 spiro atoms. The first-order valence-electron chi connectivity index (χ1n) is 8.15. The van der Waals surface area contributed by atoms with Gasteiger partial charge in [-0.25, -0.2) is 0 Å². The zero-order valence-corrected chi connectivity index (χ0v) is 15.4. The number of hydrogen-bond donors (Lipinski definition) is 1. The van der Waals surface area contributed by atoms with E-state index in [1.54, 1.807) is 21.3 Å². The van der Waals surface area contributed by atoms with Crippen LogP contribution in [0.4, 0.5) is 5.69 Å². The topological polar surface area (TPSA) is 56.8 Å². The third-order valence-electron chi connectivity index (χ3n) is 4.09. The molecule has 1 unspecified atom stereocenters. The van der Waals surface area contributed by atoms with E-state index in [4.69, 9.17) is 14.2 Å². The van der Waals surface area contributed by atoms with Crippen LogP contribution in [0.25, 0.3) is 0 Å². The number of nitrogens with one attached hydrogen (secondary N) is 1. The fourth-order valence-electron chi connectivity index (χ4n) is 2.73. The van der Waals surface area contributed by atoms with Crippen LogP contribution in [0.3, 0.4) is 0 Å². The van der Waals surface area contributed by atoms with E-state index in [-0.39, 0.29) is 11.8 Å². The van der Waals surface area contributed by atoms with Crippen LogP contribution in [-0.2, 0) is 4.79 Å². The molecule has 0 heterocycles. The molecule has 0 aromatic heterocycles. The zero-order valence-electron chi connectivity index (χ0n) is 15.4. The van der Waals surface area contributed by atoms with E-state index in [0.717, 1.165) is 16.9 Å². The van der Waals surface area contributed by atoms with E-state index in [1.165, 1.54) is 0 Å². The molecule has 1 amide bonds. The molecule has 2 rings (SSSR count). The third kappa shape index (κ3) is 4.66. The van der Waals surface area contributed by atoms with Gasteiger partial charge in [0.05, 0.1) is 27.0 Å². The first-order chi connectivity index (χ1) is 12.0. The summed E-state index contributed by atoms with van der Waals surface area (Å²) in [7, 11) is 4.81. The summed E-state index contributed by atoms with van der Waals surface area (Å²) >= 11 is 0. The molecule has 2 aromatic rings. The molecule has 0 saturated heterocycles. The Balaban J connectivity index is 2.12. The lowest BCUT2D eigenvalue weighted by atomic mass is 9.96. The summed E-state index contributed by atoms with van der Waals surface area (Å²) in [5.41, 5.74) is 2.71. The Labute approximate surface area is 148 Å². The van der Waals surface area contributed by atoms with Gasteiger partial charge in [-0.1, -0.05) is 19.1 Å². The number of methoxy groups -OCH3 is 3. The number of hydrogen-bond acceptors (Lipinski definition) is 4. The van der Waals surface area contributed by atoms with Gasteiger partial charge in [0.15, 0.2) is 0 Å². The molecule has 0 aliphatic carbocycles. The Morgan fingerprint density at radius 2 is 1.72 bits per heavy atom. The van der Waals surface area contributed by atoms with Gasteiger partial charge in [0.2, 0.25) is 5.91 Å². The predicted molar refractivity (Wildman–Crippen MR) is 98.9 cm³/mol. The van der Waals surface area contributed by atoms with Crippen LogP contribution in [0, 0.1) is 6.92 Å². The molecule has 0 bridgehead atoms. The highest BCUT2D eigenvalue weighted by atomic mass is 16.5. The SMILES string of the molecule is COc1ccc(C(C)CC(=O)Nc2cc(C)ccc2OC)c(OC)c1. The van der Waals surface area contributed by atoms with Crippen LogP contribution in [0.2, 0.25) is 0 Å². The summed E-state index contributed by atoms with van der Waals surface area (Å²) in [6.07, 6.45) is 0.333.